The minimum Gasteiger partial charge on any atom is -0.378 e. The van der Waals surface area contributed by atoms with Crippen molar-refractivity contribution in [1.29, 1.82) is 5.26 Å². The summed E-state index contributed by atoms with van der Waals surface area (Å²) in [5.74, 6) is -0.296. The van der Waals surface area contributed by atoms with E-state index in [2.05, 4.69) is 26.1 Å². The molecule has 1 fully saturated rings. The van der Waals surface area contributed by atoms with Crippen LogP contribution in [-0.4, -0.2) is 32.2 Å². The summed E-state index contributed by atoms with van der Waals surface area (Å²) >= 11 is 3.39. The second-order valence-electron chi connectivity index (χ2n) is 4.14. The van der Waals surface area contributed by atoms with Crippen LogP contribution in [0.1, 0.15) is 6.42 Å². The van der Waals surface area contributed by atoms with E-state index in [-0.39, 0.29) is 12.3 Å². The van der Waals surface area contributed by atoms with Crippen LogP contribution in [0.2, 0.25) is 0 Å². The van der Waals surface area contributed by atoms with Gasteiger partial charge in [-0.3, -0.25) is 4.79 Å². The molecule has 0 saturated carbocycles. The van der Waals surface area contributed by atoms with E-state index in [0.29, 0.717) is 13.2 Å². The number of nitriles is 1. The molecule has 2 rings (SSSR count). The Morgan fingerprint density at radius 1 is 1.47 bits per heavy atom. The van der Waals surface area contributed by atoms with Crippen molar-refractivity contribution in [3.05, 3.63) is 22.7 Å². The summed E-state index contributed by atoms with van der Waals surface area (Å²) in [6.45, 7) is 2.95. The van der Waals surface area contributed by atoms with Crippen LogP contribution in [0.15, 0.2) is 22.7 Å². The molecule has 1 aliphatic rings. The highest BCUT2D eigenvalue weighted by Crippen LogP contribution is 2.30. The van der Waals surface area contributed by atoms with E-state index in [9.17, 15) is 4.79 Å². The van der Waals surface area contributed by atoms with Gasteiger partial charge in [0.15, 0.2) is 0 Å². The summed E-state index contributed by atoms with van der Waals surface area (Å²) < 4.78 is 6.21. The van der Waals surface area contributed by atoms with Crippen molar-refractivity contribution in [3.63, 3.8) is 0 Å². The molecule has 1 aromatic carbocycles. The molecule has 100 valence electrons. The van der Waals surface area contributed by atoms with Crippen LogP contribution in [0.25, 0.3) is 0 Å². The van der Waals surface area contributed by atoms with Gasteiger partial charge in [0.2, 0.25) is 5.91 Å². The Labute approximate surface area is 120 Å². The van der Waals surface area contributed by atoms with Crippen molar-refractivity contribution in [2.75, 3.05) is 36.5 Å². The van der Waals surface area contributed by atoms with Gasteiger partial charge in [0.1, 0.15) is 6.42 Å². The maximum atomic E-state index is 11.6. The molecule has 6 heteroatoms. The lowest BCUT2D eigenvalue weighted by molar-refractivity contribution is -0.115. The number of carbonyl (C=O) groups excluding carboxylic acids is 1. The molecule has 1 aromatic rings. The van der Waals surface area contributed by atoms with Crippen molar-refractivity contribution in [2.24, 2.45) is 0 Å². The number of rotatable bonds is 3. The summed E-state index contributed by atoms with van der Waals surface area (Å²) in [5.41, 5.74) is 1.68. The van der Waals surface area contributed by atoms with Crippen LogP contribution in [-0.2, 0) is 9.53 Å². The summed E-state index contributed by atoms with van der Waals surface area (Å²) in [6, 6.07) is 7.58. The number of nitrogens with zero attached hydrogens (tertiary/aromatic N) is 2. The van der Waals surface area contributed by atoms with Crippen LogP contribution >= 0.6 is 15.9 Å². The van der Waals surface area contributed by atoms with Crippen LogP contribution in [0.3, 0.4) is 0 Å². The molecule has 0 radical (unpaired) electrons. The van der Waals surface area contributed by atoms with Gasteiger partial charge in [-0.2, -0.15) is 5.26 Å². The normalized spacial score (nSPS) is 14.8. The molecular formula is C13H14BrN3O2. The second-order valence-corrected chi connectivity index (χ2v) is 5.06. The molecule has 5 nitrogen and oxygen atoms in total. The quantitative estimate of drug-likeness (QED) is 0.925. The fourth-order valence-corrected chi connectivity index (χ4v) is 2.32. The standard InChI is InChI=1S/C13H14BrN3O2/c14-10-1-2-12(17-5-7-19-8-6-17)11(9-10)16-13(18)3-4-15/h1-2,9H,3,5-8H2,(H,16,18). The van der Waals surface area contributed by atoms with E-state index in [1.54, 1.807) is 0 Å². The molecule has 0 atom stereocenters. The summed E-state index contributed by atoms with van der Waals surface area (Å²) in [7, 11) is 0. The second kappa shape index (κ2) is 6.55. The molecule has 19 heavy (non-hydrogen) atoms. The van der Waals surface area contributed by atoms with Crippen LogP contribution in [0.5, 0.6) is 0 Å². The Bertz CT molecular complexity index is 507. The van der Waals surface area contributed by atoms with Crippen molar-refractivity contribution >= 4 is 33.2 Å². The SMILES string of the molecule is N#CCC(=O)Nc1cc(Br)ccc1N1CCOCC1. The predicted octanol–water partition coefficient (Wildman–Crippen LogP) is 2.14. The zero-order valence-electron chi connectivity index (χ0n) is 10.4. The molecule has 1 N–H and O–H groups in total. The first kappa shape index (κ1) is 13.8. The number of benzene rings is 1. The third-order valence-corrected chi connectivity index (χ3v) is 3.32. The first-order chi connectivity index (χ1) is 9.20. The minimum absolute atomic E-state index is 0.144. The molecule has 0 aromatic heterocycles. The van der Waals surface area contributed by atoms with Gasteiger partial charge < -0.3 is 15.0 Å². The molecule has 0 spiro atoms. The molecule has 0 aliphatic carbocycles. The number of morpholine rings is 1. The molecule has 0 bridgehead atoms. The third kappa shape index (κ3) is 3.69. The van der Waals surface area contributed by atoms with Gasteiger partial charge >= 0.3 is 0 Å². The maximum Gasteiger partial charge on any atom is 0.238 e. The molecule has 1 saturated heterocycles. The third-order valence-electron chi connectivity index (χ3n) is 2.82. The predicted molar refractivity (Wildman–Crippen MR) is 76.0 cm³/mol. The molecule has 1 amide bonds. The molecule has 1 heterocycles. The topological polar surface area (TPSA) is 65.4 Å². The number of ether oxygens (including phenoxy) is 1. The average molecular weight is 324 g/mol. The first-order valence-electron chi connectivity index (χ1n) is 6.00. The average Bonchev–Trinajstić information content (AvgIpc) is 2.40. The van der Waals surface area contributed by atoms with Gasteiger partial charge in [0.05, 0.1) is 30.7 Å². The van der Waals surface area contributed by atoms with Crippen molar-refractivity contribution < 1.29 is 9.53 Å². The van der Waals surface area contributed by atoms with Crippen molar-refractivity contribution in [2.45, 2.75) is 6.42 Å². The lowest BCUT2D eigenvalue weighted by Crippen LogP contribution is -2.36. The van der Waals surface area contributed by atoms with Gasteiger partial charge in [-0.15, -0.1) is 0 Å². The smallest absolute Gasteiger partial charge is 0.238 e. The summed E-state index contributed by atoms with van der Waals surface area (Å²) in [6.07, 6.45) is -0.144. The van der Waals surface area contributed by atoms with E-state index in [4.69, 9.17) is 10.00 Å². The zero-order valence-corrected chi connectivity index (χ0v) is 11.9. The highest BCUT2D eigenvalue weighted by atomic mass is 79.9. The van der Waals surface area contributed by atoms with E-state index < -0.39 is 0 Å². The summed E-state index contributed by atoms with van der Waals surface area (Å²) in [5, 5.41) is 11.3. The zero-order chi connectivity index (χ0) is 13.7. The highest BCUT2D eigenvalue weighted by molar-refractivity contribution is 9.10. The number of hydrogen-bond acceptors (Lipinski definition) is 4. The van der Waals surface area contributed by atoms with E-state index in [0.717, 1.165) is 28.9 Å². The minimum atomic E-state index is -0.296. The number of amides is 1. The highest BCUT2D eigenvalue weighted by Gasteiger charge is 2.16. The largest absolute Gasteiger partial charge is 0.378 e. The summed E-state index contributed by atoms with van der Waals surface area (Å²) in [4.78, 5) is 13.7. The number of carbonyl (C=O) groups is 1. The molecule has 0 unspecified atom stereocenters. The van der Waals surface area contributed by atoms with Crippen LogP contribution in [0, 0.1) is 11.3 Å². The number of hydrogen-bond donors (Lipinski definition) is 1. The van der Waals surface area contributed by atoms with Crippen LogP contribution in [0.4, 0.5) is 11.4 Å². The Kier molecular flexibility index (Phi) is 4.77. The van der Waals surface area contributed by atoms with Gasteiger partial charge in [-0.25, -0.2) is 0 Å². The fourth-order valence-electron chi connectivity index (χ4n) is 1.95. The van der Waals surface area contributed by atoms with E-state index in [1.165, 1.54) is 0 Å². The van der Waals surface area contributed by atoms with E-state index in [1.807, 2.05) is 24.3 Å². The van der Waals surface area contributed by atoms with Gasteiger partial charge in [0.25, 0.3) is 0 Å². The Morgan fingerprint density at radius 2 is 2.21 bits per heavy atom. The van der Waals surface area contributed by atoms with Crippen molar-refractivity contribution in [3.8, 4) is 6.07 Å². The lowest BCUT2D eigenvalue weighted by Gasteiger charge is -2.30. The first-order valence-corrected chi connectivity index (χ1v) is 6.79. The van der Waals surface area contributed by atoms with Gasteiger partial charge in [0, 0.05) is 17.6 Å². The van der Waals surface area contributed by atoms with E-state index >= 15 is 0 Å². The maximum absolute atomic E-state index is 11.6. The molecular weight excluding hydrogens is 310 g/mol. The fraction of sp³-hybridized carbons (Fsp3) is 0.385. The molecule has 1 aliphatic heterocycles. The number of nitrogens with one attached hydrogen (secondary N) is 1. The Morgan fingerprint density at radius 3 is 2.89 bits per heavy atom. The van der Waals surface area contributed by atoms with Gasteiger partial charge in [-0.05, 0) is 18.2 Å². The monoisotopic (exact) mass is 323 g/mol. The number of anilines is 2. The van der Waals surface area contributed by atoms with Crippen molar-refractivity contribution in [1.82, 2.24) is 0 Å². The van der Waals surface area contributed by atoms with Crippen LogP contribution < -0.4 is 10.2 Å². The Hall–Kier alpha value is -1.58. The Balaban J connectivity index is 2.22. The number of halogens is 1. The lowest BCUT2D eigenvalue weighted by atomic mass is 10.2. The van der Waals surface area contributed by atoms with Gasteiger partial charge in [-0.1, -0.05) is 15.9 Å².